The average Bonchev–Trinajstić information content (AvgIpc) is 2.52. The van der Waals surface area contributed by atoms with E-state index in [-0.39, 0.29) is 36.4 Å². The number of hydrogen-bond donors (Lipinski definition) is 2. The van der Waals surface area contributed by atoms with E-state index in [1.165, 1.54) is 35.2 Å². The topological polar surface area (TPSA) is 104 Å². The molecule has 7 nitrogen and oxygen atoms in total. The first-order chi connectivity index (χ1) is 11.2. The van der Waals surface area contributed by atoms with Crippen LogP contribution in [0.25, 0.3) is 0 Å². The summed E-state index contributed by atoms with van der Waals surface area (Å²) in [5.41, 5.74) is 0.303. The highest BCUT2D eigenvalue weighted by molar-refractivity contribution is 7.89. The van der Waals surface area contributed by atoms with E-state index in [9.17, 15) is 18.0 Å². The summed E-state index contributed by atoms with van der Waals surface area (Å²) in [5, 5.41) is 8.77. The summed E-state index contributed by atoms with van der Waals surface area (Å²) in [6, 6.07) is 5.35. The number of sulfonamides is 1. The maximum atomic E-state index is 12.5. The van der Waals surface area contributed by atoms with E-state index in [4.69, 9.17) is 5.11 Å². The van der Waals surface area contributed by atoms with Crippen molar-refractivity contribution in [3.63, 3.8) is 0 Å². The van der Waals surface area contributed by atoms with Crippen LogP contribution in [-0.4, -0.2) is 49.4 Å². The van der Waals surface area contributed by atoms with Crippen LogP contribution < -0.4 is 4.72 Å². The zero-order valence-electron chi connectivity index (χ0n) is 13.7. The third kappa shape index (κ3) is 5.47. The number of carboxylic acids is 1. The molecule has 1 aromatic carbocycles. The summed E-state index contributed by atoms with van der Waals surface area (Å²) in [6.45, 7) is 7.22. The van der Waals surface area contributed by atoms with Crippen LogP contribution in [0.5, 0.6) is 0 Å². The van der Waals surface area contributed by atoms with E-state index >= 15 is 0 Å². The fraction of sp³-hybridized carbons (Fsp3) is 0.375. The van der Waals surface area contributed by atoms with Crippen LogP contribution in [0.4, 0.5) is 0 Å². The zero-order valence-corrected chi connectivity index (χ0v) is 14.5. The molecule has 0 aromatic heterocycles. The number of carbonyl (C=O) groups is 2. The predicted molar refractivity (Wildman–Crippen MR) is 90.3 cm³/mol. The standard InChI is InChI=1S/C16H22N2O5S/c1-4-10-17-24(22,23)14-7-5-13(6-8-14)16(21)18(12(2)3)11-9-15(19)20/h4-8,12,17H,1,9-11H2,2-3H3,(H,19,20). The van der Waals surface area contributed by atoms with Gasteiger partial charge in [0, 0.05) is 24.7 Å². The number of carbonyl (C=O) groups excluding carboxylic acids is 1. The highest BCUT2D eigenvalue weighted by Gasteiger charge is 2.20. The SMILES string of the molecule is C=CCNS(=O)(=O)c1ccc(C(=O)N(CCC(=O)O)C(C)C)cc1. The molecular weight excluding hydrogens is 332 g/mol. The molecule has 0 saturated carbocycles. The van der Waals surface area contributed by atoms with Crippen LogP contribution in [0.3, 0.4) is 0 Å². The lowest BCUT2D eigenvalue weighted by Crippen LogP contribution is -2.38. The average molecular weight is 354 g/mol. The molecule has 0 spiro atoms. The molecule has 1 amide bonds. The minimum atomic E-state index is -3.65. The molecule has 0 aliphatic rings. The van der Waals surface area contributed by atoms with Crippen molar-refractivity contribution in [2.45, 2.75) is 31.2 Å². The lowest BCUT2D eigenvalue weighted by atomic mass is 10.1. The van der Waals surface area contributed by atoms with Crippen molar-refractivity contribution in [1.29, 1.82) is 0 Å². The van der Waals surface area contributed by atoms with Gasteiger partial charge < -0.3 is 10.0 Å². The van der Waals surface area contributed by atoms with Crippen LogP contribution in [-0.2, 0) is 14.8 Å². The Morgan fingerprint density at radius 1 is 1.29 bits per heavy atom. The first kappa shape index (κ1) is 19.9. The second-order valence-corrected chi connectivity index (χ2v) is 7.17. The van der Waals surface area contributed by atoms with E-state index in [0.717, 1.165) is 0 Å². The van der Waals surface area contributed by atoms with Gasteiger partial charge in [-0.3, -0.25) is 9.59 Å². The number of nitrogens with one attached hydrogen (secondary N) is 1. The number of nitrogens with zero attached hydrogens (tertiary/aromatic N) is 1. The van der Waals surface area contributed by atoms with Crippen molar-refractivity contribution in [1.82, 2.24) is 9.62 Å². The molecule has 0 bridgehead atoms. The van der Waals surface area contributed by atoms with E-state index < -0.39 is 16.0 Å². The van der Waals surface area contributed by atoms with Gasteiger partial charge in [-0.05, 0) is 38.1 Å². The molecule has 0 radical (unpaired) electrons. The number of hydrogen-bond acceptors (Lipinski definition) is 4. The van der Waals surface area contributed by atoms with Gasteiger partial charge in [0.15, 0.2) is 0 Å². The van der Waals surface area contributed by atoms with E-state index in [0.29, 0.717) is 5.56 Å². The Morgan fingerprint density at radius 3 is 2.33 bits per heavy atom. The normalized spacial score (nSPS) is 11.3. The molecule has 0 aliphatic carbocycles. The van der Waals surface area contributed by atoms with Crippen LogP contribution in [0.15, 0.2) is 41.8 Å². The number of carboxylic acid groups (broad SMARTS) is 1. The molecule has 24 heavy (non-hydrogen) atoms. The van der Waals surface area contributed by atoms with Gasteiger partial charge in [0.05, 0.1) is 11.3 Å². The number of aliphatic carboxylic acids is 1. The summed E-state index contributed by atoms with van der Waals surface area (Å²) < 4.78 is 26.3. The van der Waals surface area contributed by atoms with E-state index in [1.54, 1.807) is 13.8 Å². The maximum absolute atomic E-state index is 12.5. The van der Waals surface area contributed by atoms with Crippen molar-refractivity contribution >= 4 is 21.9 Å². The predicted octanol–water partition coefficient (Wildman–Crippen LogP) is 1.48. The summed E-state index contributed by atoms with van der Waals surface area (Å²) in [7, 11) is -3.65. The lowest BCUT2D eigenvalue weighted by molar-refractivity contribution is -0.137. The number of benzene rings is 1. The second kappa shape index (κ2) is 8.60. The Bertz CT molecular complexity index is 696. The smallest absolute Gasteiger partial charge is 0.305 e. The number of rotatable bonds is 9. The Balaban J connectivity index is 2.95. The first-order valence-electron chi connectivity index (χ1n) is 7.42. The molecule has 132 valence electrons. The molecule has 1 aromatic rings. The molecule has 0 fully saturated rings. The summed E-state index contributed by atoms with van der Waals surface area (Å²) in [4.78, 5) is 24.7. The molecule has 0 atom stereocenters. The molecule has 0 unspecified atom stereocenters. The van der Waals surface area contributed by atoms with Gasteiger partial charge in [0.1, 0.15) is 0 Å². The van der Waals surface area contributed by atoms with Gasteiger partial charge in [0.25, 0.3) is 5.91 Å². The van der Waals surface area contributed by atoms with Crippen LogP contribution in [0.2, 0.25) is 0 Å². The molecule has 2 N–H and O–H groups in total. The zero-order chi connectivity index (χ0) is 18.3. The summed E-state index contributed by atoms with van der Waals surface area (Å²) >= 11 is 0. The van der Waals surface area contributed by atoms with Crippen LogP contribution in [0.1, 0.15) is 30.6 Å². The lowest BCUT2D eigenvalue weighted by Gasteiger charge is -2.26. The van der Waals surface area contributed by atoms with Crippen LogP contribution in [0, 0.1) is 0 Å². The minimum Gasteiger partial charge on any atom is -0.481 e. The molecule has 0 saturated heterocycles. The molecule has 1 rings (SSSR count). The van der Waals surface area contributed by atoms with E-state index in [2.05, 4.69) is 11.3 Å². The Kier molecular flexibility index (Phi) is 7.12. The third-order valence-corrected chi connectivity index (χ3v) is 4.72. The van der Waals surface area contributed by atoms with Crippen LogP contribution >= 0.6 is 0 Å². The third-order valence-electron chi connectivity index (χ3n) is 3.28. The minimum absolute atomic E-state index is 0.0440. The summed E-state index contributed by atoms with van der Waals surface area (Å²) in [6.07, 6.45) is 1.28. The van der Waals surface area contributed by atoms with Gasteiger partial charge in [-0.15, -0.1) is 6.58 Å². The molecule has 8 heteroatoms. The van der Waals surface area contributed by atoms with Crippen molar-refractivity contribution in [2.75, 3.05) is 13.1 Å². The largest absolute Gasteiger partial charge is 0.481 e. The van der Waals surface area contributed by atoms with Gasteiger partial charge in [-0.2, -0.15) is 0 Å². The molecule has 0 heterocycles. The van der Waals surface area contributed by atoms with Gasteiger partial charge in [0.2, 0.25) is 10.0 Å². The van der Waals surface area contributed by atoms with Crippen molar-refractivity contribution < 1.29 is 23.1 Å². The summed E-state index contributed by atoms with van der Waals surface area (Å²) in [5.74, 6) is -1.32. The van der Waals surface area contributed by atoms with Crippen molar-refractivity contribution in [3.05, 3.63) is 42.5 Å². The van der Waals surface area contributed by atoms with E-state index in [1.807, 2.05) is 0 Å². The van der Waals surface area contributed by atoms with Crippen molar-refractivity contribution in [3.8, 4) is 0 Å². The fourth-order valence-corrected chi connectivity index (χ4v) is 3.00. The monoisotopic (exact) mass is 354 g/mol. The second-order valence-electron chi connectivity index (χ2n) is 5.40. The van der Waals surface area contributed by atoms with Gasteiger partial charge in [-0.25, -0.2) is 13.1 Å². The maximum Gasteiger partial charge on any atom is 0.305 e. The first-order valence-corrected chi connectivity index (χ1v) is 8.90. The van der Waals surface area contributed by atoms with Crippen molar-refractivity contribution in [2.24, 2.45) is 0 Å². The Labute approximate surface area is 142 Å². The number of amides is 1. The Hall–Kier alpha value is -2.19. The highest BCUT2D eigenvalue weighted by Crippen LogP contribution is 2.14. The van der Waals surface area contributed by atoms with Gasteiger partial charge in [-0.1, -0.05) is 6.08 Å². The highest BCUT2D eigenvalue weighted by atomic mass is 32.2. The molecule has 0 aliphatic heterocycles. The fourth-order valence-electron chi connectivity index (χ4n) is 2.00. The van der Waals surface area contributed by atoms with Gasteiger partial charge >= 0.3 is 5.97 Å². The Morgan fingerprint density at radius 2 is 1.88 bits per heavy atom. The molecular formula is C16H22N2O5S. The quantitative estimate of drug-likeness (QED) is 0.654.